The lowest BCUT2D eigenvalue weighted by atomic mass is 9.78. The van der Waals surface area contributed by atoms with Gasteiger partial charge in [0.15, 0.2) is 23.3 Å². The molecule has 0 bridgehead atoms. The molecule has 0 N–H and O–H groups in total. The summed E-state index contributed by atoms with van der Waals surface area (Å²) in [5.41, 5.74) is 8.52. The molecule has 0 aliphatic carbocycles. The van der Waals surface area contributed by atoms with Crippen molar-refractivity contribution in [1.82, 2.24) is 29.1 Å². The predicted octanol–water partition coefficient (Wildman–Crippen LogP) is 16.2. The van der Waals surface area contributed by atoms with Crippen molar-refractivity contribution in [3.8, 4) is 34.4 Å². The second-order valence-corrected chi connectivity index (χ2v) is 22.1. The standard InChI is InChI=1S/C34H28BN3O2S.C28H16ClN3S/c1-33(2)34(3,4)40-35(39-33)25-18-12-17-24-28-30(41-29(24)25)32(37-31(36-28)21-13-6-5-7-14-21)38-26-19-10-8-15-22(26)23-16-9-11-20-27(23)38;29-21-14-8-13-20-24-26(33-25(20)21)28(31-27(30-24)17-9-2-1-3-10-17)32-22-15-6-4-11-18(22)19-12-5-7-16-23(19)32/h5-20H,1-4H3;1-16H. The zero-order chi connectivity index (χ0) is 49.9. The molecular formula is C62H44BClN6O2S2. The van der Waals surface area contributed by atoms with E-state index in [1.807, 2.05) is 48.5 Å². The molecule has 1 aliphatic rings. The summed E-state index contributed by atoms with van der Waals surface area (Å²) in [7, 11) is -0.463. The fourth-order valence-corrected chi connectivity index (χ4v) is 13.1. The van der Waals surface area contributed by atoms with Gasteiger partial charge >= 0.3 is 7.12 Å². The van der Waals surface area contributed by atoms with Gasteiger partial charge in [-0.3, -0.25) is 9.13 Å². The number of hydrogen-bond acceptors (Lipinski definition) is 8. The number of halogens is 1. The molecule has 12 heteroatoms. The Kier molecular flexibility index (Phi) is 10.4. The molecular weight excluding hydrogens is 971 g/mol. The molecule has 15 rings (SSSR count). The van der Waals surface area contributed by atoms with Gasteiger partial charge in [-0.2, -0.15) is 0 Å². The maximum absolute atomic E-state index is 6.61. The van der Waals surface area contributed by atoms with E-state index in [1.54, 1.807) is 22.7 Å². The molecule has 0 radical (unpaired) electrons. The quantitative estimate of drug-likeness (QED) is 0.160. The summed E-state index contributed by atoms with van der Waals surface area (Å²) in [5, 5.41) is 7.71. The summed E-state index contributed by atoms with van der Waals surface area (Å²) < 4.78 is 21.8. The van der Waals surface area contributed by atoms with Gasteiger partial charge in [0.2, 0.25) is 0 Å². The molecule has 356 valence electrons. The smallest absolute Gasteiger partial charge is 0.399 e. The molecule has 1 fully saturated rings. The van der Waals surface area contributed by atoms with Gasteiger partial charge < -0.3 is 9.31 Å². The van der Waals surface area contributed by atoms with Gasteiger partial charge in [0.1, 0.15) is 0 Å². The molecule has 0 saturated carbocycles. The van der Waals surface area contributed by atoms with Crippen molar-refractivity contribution in [2.24, 2.45) is 0 Å². The van der Waals surface area contributed by atoms with Crippen LogP contribution in [0.5, 0.6) is 0 Å². The van der Waals surface area contributed by atoms with E-state index in [1.165, 1.54) is 21.5 Å². The van der Waals surface area contributed by atoms with Gasteiger partial charge in [-0.15, -0.1) is 22.7 Å². The maximum Gasteiger partial charge on any atom is 0.496 e. The lowest BCUT2D eigenvalue weighted by Gasteiger charge is -2.32. The molecule has 14 aromatic rings. The summed E-state index contributed by atoms with van der Waals surface area (Å²) in [5.74, 6) is 3.18. The van der Waals surface area contributed by atoms with Gasteiger partial charge in [0.25, 0.3) is 0 Å². The normalized spacial score (nSPS) is 14.4. The van der Waals surface area contributed by atoms with Crippen LogP contribution in [-0.2, 0) is 9.31 Å². The summed E-state index contributed by atoms with van der Waals surface area (Å²) in [6, 6.07) is 66.9. The number of para-hydroxylation sites is 4. The topological polar surface area (TPSA) is 79.9 Å². The van der Waals surface area contributed by atoms with Gasteiger partial charge in [0, 0.05) is 53.6 Å². The lowest BCUT2D eigenvalue weighted by Crippen LogP contribution is -2.41. The highest BCUT2D eigenvalue weighted by molar-refractivity contribution is 7.27. The first-order valence-corrected chi connectivity index (χ1v) is 26.7. The van der Waals surface area contributed by atoms with Crippen LogP contribution in [0, 0.1) is 0 Å². The largest absolute Gasteiger partial charge is 0.496 e. The van der Waals surface area contributed by atoms with Crippen LogP contribution in [0.1, 0.15) is 27.7 Å². The van der Waals surface area contributed by atoms with E-state index in [0.29, 0.717) is 11.6 Å². The molecule has 1 aliphatic heterocycles. The summed E-state index contributed by atoms with van der Waals surface area (Å²) in [6.07, 6.45) is 0. The van der Waals surface area contributed by atoms with Crippen molar-refractivity contribution in [2.45, 2.75) is 38.9 Å². The lowest BCUT2D eigenvalue weighted by molar-refractivity contribution is 0.00578. The molecule has 74 heavy (non-hydrogen) atoms. The second-order valence-electron chi connectivity index (χ2n) is 19.7. The average Bonchev–Trinajstić information content (AvgIpc) is 4.23. The number of rotatable bonds is 5. The Morgan fingerprint density at radius 3 is 1.20 bits per heavy atom. The summed E-state index contributed by atoms with van der Waals surface area (Å²) in [6.45, 7) is 8.37. The van der Waals surface area contributed by atoms with Crippen LogP contribution in [-0.4, -0.2) is 47.4 Å². The van der Waals surface area contributed by atoms with Crippen molar-refractivity contribution in [1.29, 1.82) is 0 Å². The third kappa shape index (κ3) is 7.02. The van der Waals surface area contributed by atoms with Gasteiger partial charge in [0.05, 0.1) is 63.4 Å². The number of hydrogen-bond donors (Lipinski definition) is 0. The van der Waals surface area contributed by atoms with Crippen LogP contribution in [0.3, 0.4) is 0 Å². The minimum absolute atomic E-state index is 0.426. The number of fused-ring (bicyclic) bond motifs is 12. The average molecular weight is 1020 g/mol. The summed E-state index contributed by atoms with van der Waals surface area (Å²) >= 11 is 9.98. The Hall–Kier alpha value is -7.77. The molecule has 8 aromatic carbocycles. The van der Waals surface area contributed by atoms with Crippen LogP contribution < -0.4 is 5.46 Å². The van der Waals surface area contributed by atoms with E-state index >= 15 is 0 Å². The molecule has 1 saturated heterocycles. The van der Waals surface area contributed by atoms with Crippen LogP contribution in [0.15, 0.2) is 194 Å². The highest BCUT2D eigenvalue weighted by Crippen LogP contribution is 2.44. The summed E-state index contributed by atoms with van der Waals surface area (Å²) in [4.78, 5) is 20.7. The molecule has 6 aromatic heterocycles. The SMILES string of the molecule is CC1(C)OB(c2cccc3c2sc2c(-n4c5ccccc5c5ccccc54)nc(-c4ccccc4)nc23)OC1(C)C.Clc1cccc2c1sc1c(-n3c4ccccc4c4ccccc43)nc(-c3ccccc3)nc12. The van der Waals surface area contributed by atoms with Gasteiger partial charge in [-0.05, 0) is 58.0 Å². The monoisotopic (exact) mass is 1010 g/mol. The predicted molar refractivity (Wildman–Crippen MR) is 310 cm³/mol. The maximum atomic E-state index is 6.61. The molecule has 0 atom stereocenters. The third-order valence-electron chi connectivity index (χ3n) is 14.8. The third-order valence-corrected chi connectivity index (χ3v) is 17.7. The van der Waals surface area contributed by atoms with Crippen LogP contribution >= 0.6 is 34.3 Å². The molecule has 0 unspecified atom stereocenters. The second kappa shape index (κ2) is 17.2. The van der Waals surface area contributed by atoms with E-state index in [4.69, 9.17) is 40.8 Å². The zero-order valence-corrected chi connectivity index (χ0v) is 43.1. The van der Waals surface area contributed by atoms with Crippen molar-refractivity contribution >= 4 is 131 Å². The first-order chi connectivity index (χ1) is 36.1. The molecule has 8 nitrogen and oxygen atoms in total. The van der Waals surface area contributed by atoms with E-state index in [0.717, 1.165) is 95.9 Å². The minimum atomic E-state index is -0.463. The Balaban J connectivity index is 0.000000140. The molecule has 0 amide bonds. The Morgan fingerprint density at radius 1 is 0.392 bits per heavy atom. The van der Waals surface area contributed by atoms with Crippen molar-refractivity contribution < 1.29 is 9.31 Å². The molecule has 7 heterocycles. The van der Waals surface area contributed by atoms with Crippen LogP contribution in [0.2, 0.25) is 5.02 Å². The first-order valence-electron chi connectivity index (χ1n) is 24.7. The van der Waals surface area contributed by atoms with E-state index in [-0.39, 0.29) is 0 Å². The number of aromatic nitrogens is 6. The van der Waals surface area contributed by atoms with Crippen molar-refractivity contribution in [3.05, 3.63) is 199 Å². The number of benzene rings is 8. The van der Waals surface area contributed by atoms with Crippen molar-refractivity contribution in [3.63, 3.8) is 0 Å². The first kappa shape index (κ1) is 44.9. The Morgan fingerprint density at radius 2 is 0.757 bits per heavy atom. The highest BCUT2D eigenvalue weighted by atomic mass is 35.5. The molecule has 0 spiro atoms. The van der Waals surface area contributed by atoms with Crippen LogP contribution in [0.25, 0.3) is 119 Å². The highest BCUT2D eigenvalue weighted by Gasteiger charge is 2.52. The fourth-order valence-electron chi connectivity index (χ4n) is 10.5. The zero-order valence-electron chi connectivity index (χ0n) is 40.7. The number of thiophene rings is 2. The Bertz CT molecular complexity index is 4420. The Labute approximate surface area is 439 Å². The van der Waals surface area contributed by atoms with Crippen molar-refractivity contribution in [2.75, 3.05) is 0 Å². The van der Waals surface area contributed by atoms with Gasteiger partial charge in [-0.1, -0.05) is 175 Å². The minimum Gasteiger partial charge on any atom is -0.399 e. The fraction of sp³-hybridized carbons (Fsp3) is 0.0968. The van der Waals surface area contributed by atoms with Crippen LogP contribution in [0.4, 0.5) is 0 Å². The van der Waals surface area contributed by atoms with E-state index in [2.05, 4.69) is 182 Å². The number of nitrogens with zero attached hydrogens (tertiary/aromatic N) is 6. The van der Waals surface area contributed by atoms with Gasteiger partial charge in [-0.25, -0.2) is 19.9 Å². The van der Waals surface area contributed by atoms with E-state index < -0.39 is 18.3 Å². The van der Waals surface area contributed by atoms with E-state index in [9.17, 15) is 0 Å².